The molecule has 0 aliphatic heterocycles. The van der Waals surface area contributed by atoms with E-state index in [1.54, 1.807) is 19.3 Å². The molecule has 1 amide bonds. The molecule has 0 spiro atoms. The first-order valence-corrected chi connectivity index (χ1v) is 6.54. The van der Waals surface area contributed by atoms with Crippen LogP contribution in [0.5, 0.6) is 0 Å². The predicted octanol–water partition coefficient (Wildman–Crippen LogP) is 2.52. The number of rotatable bonds is 5. The number of hydrogen-bond donors (Lipinski definition) is 1. The fourth-order valence-electron chi connectivity index (χ4n) is 2.16. The number of carbonyl (C=O) groups is 1. The normalized spacial score (nSPS) is 12.7. The average Bonchev–Trinajstić information content (AvgIpc) is 2.99. The summed E-state index contributed by atoms with van der Waals surface area (Å²) in [5.74, 6) is 2.08. The Kier molecular flexibility index (Phi) is 4.29. The van der Waals surface area contributed by atoms with Crippen molar-refractivity contribution in [2.24, 2.45) is 0 Å². The van der Waals surface area contributed by atoms with E-state index in [2.05, 4.69) is 5.32 Å². The van der Waals surface area contributed by atoms with Crippen molar-refractivity contribution < 1.29 is 13.6 Å². The molecule has 2 aromatic rings. The predicted molar refractivity (Wildman–Crippen MR) is 75.7 cm³/mol. The molecule has 0 fully saturated rings. The zero-order chi connectivity index (χ0) is 14.7. The van der Waals surface area contributed by atoms with E-state index in [1.165, 1.54) is 0 Å². The van der Waals surface area contributed by atoms with E-state index in [0.29, 0.717) is 17.9 Å². The van der Waals surface area contributed by atoms with Crippen LogP contribution >= 0.6 is 0 Å². The van der Waals surface area contributed by atoms with Crippen LogP contribution in [0.2, 0.25) is 0 Å². The van der Waals surface area contributed by atoms with Gasteiger partial charge in [0.25, 0.3) is 5.91 Å². The first kappa shape index (κ1) is 14.4. The maximum atomic E-state index is 12.2. The quantitative estimate of drug-likeness (QED) is 0.911. The van der Waals surface area contributed by atoms with Crippen molar-refractivity contribution >= 4 is 5.91 Å². The molecule has 2 heterocycles. The van der Waals surface area contributed by atoms with Crippen molar-refractivity contribution in [3.8, 4) is 0 Å². The summed E-state index contributed by atoms with van der Waals surface area (Å²) in [5, 5.41) is 2.92. The van der Waals surface area contributed by atoms with E-state index in [1.807, 2.05) is 38.1 Å². The molecule has 0 aliphatic carbocycles. The Morgan fingerprint density at radius 3 is 2.65 bits per heavy atom. The first-order valence-electron chi connectivity index (χ1n) is 6.54. The van der Waals surface area contributed by atoms with Gasteiger partial charge in [-0.2, -0.15) is 0 Å². The van der Waals surface area contributed by atoms with Crippen molar-refractivity contribution in [1.29, 1.82) is 0 Å². The highest BCUT2D eigenvalue weighted by molar-refractivity contribution is 5.95. The fourth-order valence-corrected chi connectivity index (χ4v) is 2.16. The van der Waals surface area contributed by atoms with Crippen LogP contribution in [0.1, 0.15) is 33.7 Å². The van der Waals surface area contributed by atoms with Crippen molar-refractivity contribution in [2.75, 3.05) is 20.6 Å². The number of furan rings is 2. The van der Waals surface area contributed by atoms with Gasteiger partial charge in [0, 0.05) is 6.54 Å². The number of hydrogen-bond acceptors (Lipinski definition) is 4. The van der Waals surface area contributed by atoms with E-state index < -0.39 is 0 Å². The minimum Gasteiger partial charge on any atom is -0.468 e. The van der Waals surface area contributed by atoms with Gasteiger partial charge >= 0.3 is 0 Å². The molecule has 0 radical (unpaired) electrons. The second kappa shape index (κ2) is 5.96. The van der Waals surface area contributed by atoms with Crippen molar-refractivity contribution in [3.63, 3.8) is 0 Å². The number of aryl methyl sites for hydroxylation is 2. The van der Waals surface area contributed by atoms with Crippen molar-refractivity contribution in [3.05, 3.63) is 47.3 Å². The molecule has 20 heavy (non-hydrogen) atoms. The van der Waals surface area contributed by atoms with Gasteiger partial charge in [-0.1, -0.05) is 0 Å². The van der Waals surface area contributed by atoms with Crippen molar-refractivity contribution in [2.45, 2.75) is 19.9 Å². The summed E-state index contributed by atoms with van der Waals surface area (Å²) >= 11 is 0. The number of likely N-dealkylation sites (N-methyl/N-ethyl adjacent to an activating group) is 1. The van der Waals surface area contributed by atoms with Gasteiger partial charge in [0.1, 0.15) is 17.3 Å². The van der Waals surface area contributed by atoms with Gasteiger partial charge in [-0.3, -0.25) is 9.69 Å². The molecule has 2 rings (SSSR count). The fraction of sp³-hybridized carbons (Fsp3) is 0.400. The van der Waals surface area contributed by atoms with Gasteiger partial charge in [-0.25, -0.2) is 0 Å². The lowest BCUT2D eigenvalue weighted by Gasteiger charge is -2.22. The maximum absolute atomic E-state index is 12.2. The van der Waals surface area contributed by atoms with Crippen molar-refractivity contribution in [1.82, 2.24) is 10.2 Å². The van der Waals surface area contributed by atoms with Gasteiger partial charge in [0.2, 0.25) is 0 Å². The Balaban J connectivity index is 2.03. The largest absolute Gasteiger partial charge is 0.468 e. The van der Waals surface area contributed by atoms with Gasteiger partial charge in [-0.15, -0.1) is 0 Å². The van der Waals surface area contributed by atoms with E-state index in [-0.39, 0.29) is 11.9 Å². The summed E-state index contributed by atoms with van der Waals surface area (Å²) in [4.78, 5) is 14.2. The van der Waals surface area contributed by atoms with Crippen LogP contribution in [0.4, 0.5) is 0 Å². The van der Waals surface area contributed by atoms with Gasteiger partial charge in [0.15, 0.2) is 0 Å². The molecule has 5 nitrogen and oxygen atoms in total. The third-order valence-corrected chi connectivity index (χ3v) is 3.24. The number of nitrogens with zero attached hydrogens (tertiary/aromatic N) is 1. The number of carbonyl (C=O) groups excluding carboxylic acids is 1. The Morgan fingerprint density at radius 1 is 1.40 bits per heavy atom. The Bertz CT molecular complexity index is 570. The van der Waals surface area contributed by atoms with Crippen LogP contribution in [-0.2, 0) is 0 Å². The third kappa shape index (κ3) is 3.11. The van der Waals surface area contributed by atoms with Gasteiger partial charge < -0.3 is 14.2 Å². The van der Waals surface area contributed by atoms with Crippen LogP contribution in [-0.4, -0.2) is 31.4 Å². The van der Waals surface area contributed by atoms with Crippen LogP contribution in [0, 0.1) is 13.8 Å². The molecular formula is C15H20N2O3. The van der Waals surface area contributed by atoms with Crippen LogP contribution in [0.3, 0.4) is 0 Å². The highest BCUT2D eigenvalue weighted by Gasteiger charge is 2.19. The SMILES string of the molecule is Cc1cc(C(=O)NCC(c2ccco2)N(C)C)c(C)o1. The minimum atomic E-state index is -0.127. The standard InChI is InChI=1S/C15H20N2O3/c1-10-8-12(11(2)20-10)15(18)16-9-13(17(3)4)14-6-5-7-19-14/h5-8,13H,9H2,1-4H3,(H,16,18). The molecule has 2 aromatic heterocycles. The minimum absolute atomic E-state index is 0.00209. The molecule has 5 heteroatoms. The molecule has 1 N–H and O–H groups in total. The summed E-state index contributed by atoms with van der Waals surface area (Å²) in [6, 6.07) is 5.51. The molecular weight excluding hydrogens is 256 g/mol. The molecule has 1 unspecified atom stereocenters. The highest BCUT2D eigenvalue weighted by atomic mass is 16.3. The summed E-state index contributed by atoms with van der Waals surface area (Å²) in [6.45, 7) is 4.09. The molecule has 0 aliphatic rings. The highest BCUT2D eigenvalue weighted by Crippen LogP contribution is 2.18. The van der Waals surface area contributed by atoms with Gasteiger partial charge in [-0.05, 0) is 46.1 Å². The number of amides is 1. The summed E-state index contributed by atoms with van der Waals surface area (Å²) in [7, 11) is 3.90. The number of nitrogens with one attached hydrogen (secondary N) is 1. The van der Waals surface area contributed by atoms with E-state index in [4.69, 9.17) is 8.83 Å². The average molecular weight is 276 g/mol. The second-order valence-electron chi connectivity index (χ2n) is 5.03. The molecule has 0 aromatic carbocycles. The topological polar surface area (TPSA) is 58.6 Å². The van der Waals surface area contributed by atoms with E-state index >= 15 is 0 Å². The lowest BCUT2D eigenvalue weighted by Crippen LogP contribution is -2.34. The lowest BCUT2D eigenvalue weighted by molar-refractivity contribution is 0.0937. The molecule has 108 valence electrons. The zero-order valence-corrected chi connectivity index (χ0v) is 12.3. The van der Waals surface area contributed by atoms with E-state index in [0.717, 1.165) is 11.5 Å². The monoisotopic (exact) mass is 276 g/mol. The summed E-state index contributed by atoms with van der Waals surface area (Å²) in [6.07, 6.45) is 1.64. The zero-order valence-electron chi connectivity index (χ0n) is 12.3. The maximum Gasteiger partial charge on any atom is 0.254 e. The molecule has 0 saturated heterocycles. The smallest absolute Gasteiger partial charge is 0.254 e. The first-order chi connectivity index (χ1) is 9.49. The Labute approximate surface area is 118 Å². The summed E-state index contributed by atoms with van der Waals surface area (Å²) in [5.41, 5.74) is 0.583. The van der Waals surface area contributed by atoms with Crippen LogP contribution in [0.25, 0.3) is 0 Å². The lowest BCUT2D eigenvalue weighted by atomic mass is 10.2. The Morgan fingerprint density at radius 2 is 2.15 bits per heavy atom. The van der Waals surface area contributed by atoms with Crippen LogP contribution < -0.4 is 5.32 Å². The molecule has 0 bridgehead atoms. The molecule has 0 saturated carbocycles. The van der Waals surface area contributed by atoms with E-state index in [9.17, 15) is 4.79 Å². The third-order valence-electron chi connectivity index (χ3n) is 3.24. The summed E-state index contributed by atoms with van der Waals surface area (Å²) < 4.78 is 10.8. The van der Waals surface area contributed by atoms with Crippen LogP contribution in [0.15, 0.2) is 33.3 Å². The molecule has 1 atom stereocenters. The van der Waals surface area contributed by atoms with Gasteiger partial charge in [0.05, 0.1) is 17.9 Å². The Hall–Kier alpha value is -2.01. The second-order valence-corrected chi connectivity index (χ2v) is 5.03.